The van der Waals surface area contributed by atoms with Crippen molar-refractivity contribution in [2.45, 2.75) is 52.0 Å². The number of anilines is 1. The zero-order valence-corrected chi connectivity index (χ0v) is 15.6. The van der Waals surface area contributed by atoms with E-state index in [1.807, 2.05) is 0 Å². The van der Waals surface area contributed by atoms with E-state index in [1.54, 1.807) is 0 Å². The standard InChI is InChI=1S/C22H25ClN2/c1-16-8-7-10-18(20(16)23)15-24-21-22(12-5-2-6-13-22)14-17-9-3-4-11-19(17)25-21/h3-4,7-11H,2,5-6,12-15H2,1H3,(H,24,25). The predicted octanol–water partition coefficient (Wildman–Crippen LogP) is 6.17. The van der Waals surface area contributed by atoms with Crippen molar-refractivity contribution in [2.24, 2.45) is 10.4 Å². The lowest BCUT2D eigenvalue weighted by Gasteiger charge is -2.42. The second kappa shape index (κ2) is 6.84. The molecule has 1 N–H and O–H groups in total. The number of hydrogen-bond donors (Lipinski definition) is 1. The van der Waals surface area contributed by atoms with Gasteiger partial charge in [-0.15, -0.1) is 0 Å². The summed E-state index contributed by atoms with van der Waals surface area (Å²) in [6, 6.07) is 14.9. The number of fused-ring (bicyclic) bond motifs is 1. The van der Waals surface area contributed by atoms with Gasteiger partial charge in [0.15, 0.2) is 0 Å². The van der Waals surface area contributed by atoms with Gasteiger partial charge in [0.1, 0.15) is 5.84 Å². The Kier molecular flexibility index (Phi) is 4.56. The molecule has 0 atom stereocenters. The zero-order chi connectivity index (χ0) is 17.3. The van der Waals surface area contributed by atoms with Gasteiger partial charge >= 0.3 is 0 Å². The van der Waals surface area contributed by atoms with Crippen molar-refractivity contribution >= 4 is 23.1 Å². The molecule has 2 aliphatic rings. The molecule has 1 saturated carbocycles. The summed E-state index contributed by atoms with van der Waals surface area (Å²) in [6.07, 6.45) is 7.52. The van der Waals surface area contributed by atoms with Gasteiger partial charge in [0.05, 0.1) is 6.54 Å². The maximum absolute atomic E-state index is 6.48. The van der Waals surface area contributed by atoms with Crippen molar-refractivity contribution in [3.8, 4) is 0 Å². The lowest BCUT2D eigenvalue weighted by Crippen LogP contribution is -2.43. The molecule has 0 saturated heterocycles. The van der Waals surface area contributed by atoms with Gasteiger partial charge in [0.2, 0.25) is 0 Å². The molecule has 130 valence electrons. The summed E-state index contributed by atoms with van der Waals surface area (Å²) in [5, 5.41) is 4.52. The second-order valence-electron chi connectivity index (χ2n) is 7.51. The third-order valence-electron chi connectivity index (χ3n) is 5.79. The lowest BCUT2D eigenvalue weighted by atomic mass is 9.67. The fourth-order valence-electron chi connectivity index (χ4n) is 4.35. The van der Waals surface area contributed by atoms with Crippen LogP contribution in [0.2, 0.25) is 5.02 Å². The van der Waals surface area contributed by atoms with Crippen LogP contribution in [0.25, 0.3) is 0 Å². The Labute approximate surface area is 155 Å². The van der Waals surface area contributed by atoms with Crippen LogP contribution in [-0.2, 0) is 13.0 Å². The molecule has 2 aromatic carbocycles. The van der Waals surface area contributed by atoms with Crippen molar-refractivity contribution in [1.29, 1.82) is 0 Å². The quantitative estimate of drug-likeness (QED) is 0.687. The summed E-state index contributed by atoms with van der Waals surface area (Å²) >= 11 is 6.48. The van der Waals surface area contributed by atoms with E-state index in [1.165, 1.54) is 49.2 Å². The van der Waals surface area contributed by atoms with Gasteiger partial charge in [0, 0.05) is 16.1 Å². The Morgan fingerprint density at radius 2 is 1.84 bits per heavy atom. The van der Waals surface area contributed by atoms with Crippen molar-refractivity contribution in [3.05, 3.63) is 64.2 Å². The number of para-hydroxylation sites is 1. The van der Waals surface area contributed by atoms with Crippen LogP contribution in [0.3, 0.4) is 0 Å². The van der Waals surface area contributed by atoms with Crippen LogP contribution in [0.4, 0.5) is 5.69 Å². The SMILES string of the molecule is Cc1cccc(CN=C2Nc3ccccc3CC23CCCCC3)c1Cl. The average Bonchev–Trinajstić information content (AvgIpc) is 2.64. The number of aryl methyl sites for hydroxylation is 1. The van der Waals surface area contributed by atoms with Crippen molar-refractivity contribution in [2.75, 3.05) is 5.32 Å². The first kappa shape index (κ1) is 16.7. The van der Waals surface area contributed by atoms with Gasteiger partial charge < -0.3 is 5.32 Å². The maximum Gasteiger partial charge on any atom is 0.108 e. The molecule has 1 spiro atoms. The molecule has 1 heterocycles. The largest absolute Gasteiger partial charge is 0.343 e. The van der Waals surface area contributed by atoms with E-state index in [2.05, 4.69) is 54.7 Å². The summed E-state index contributed by atoms with van der Waals surface area (Å²) in [4.78, 5) is 5.05. The zero-order valence-electron chi connectivity index (χ0n) is 14.8. The van der Waals surface area contributed by atoms with Gasteiger partial charge in [-0.25, -0.2) is 0 Å². The van der Waals surface area contributed by atoms with Crippen LogP contribution >= 0.6 is 11.6 Å². The highest BCUT2D eigenvalue weighted by molar-refractivity contribution is 6.32. The predicted molar refractivity (Wildman–Crippen MR) is 107 cm³/mol. The molecule has 0 aromatic heterocycles. The Balaban J connectivity index is 1.68. The molecule has 25 heavy (non-hydrogen) atoms. The molecule has 0 amide bonds. The fraction of sp³-hybridized carbons (Fsp3) is 0.409. The molecular weight excluding hydrogens is 328 g/mol. The number of nitrogens with one attached hydrogen (secondary N) is 1. The van der Waals surface area contributed by atoms with Crippen molar-refractivity contribution in [1.82, 2.24) is 0 Å². The van der Waals surface area contributed by atoms with Crippen LogP contribution < -0.4 is 5.32 Å². The first-order valence-corrected chi connectivity index (χ1v) is 9.70. The van der Waals surface area contributed by atoms with E-state index in [4.69, 9.17) is 16.6 Å². The Morgan fingerprint density at radius 3 is 2.68 bits per heavy atom. The molecule has 0 radical (unpaired) electrons. The molecule has 0 unspecified atom stereocenters. The van der Waals surface area contributed by atoms with Gasteiger partial charge in [0.25, 0.3) is 0 Å². The summed E-state index contributed by atoms with van der Waals surface area (Å²) in [5.74, 6) is 1.17. The van der Waals surface area contributed by atoms with Gasteiger partial charge in [-0.1, -0.05) is 67.3 Å². The first-order chi connectivity index (χ1) is 12.2. The van der Waals surface area contributed by atoms with E-state index in [9.17, 15) is 0 Å². The minimum Gasteiger partial charge on any atom is -0.343 e. The summed E-state index contributed by atoms with van der Waals surface area (Å²) < 4.78 is 0. The Morgan fingerprint density at radius 1 is 1.04 bits per heavy atom. The third-order valence-corrected chi connectivity index (χ3v) is 6.33. The highest BCUT2D eigenvalue weighted by Crippen LogP contribution is 2.45. The van der Waals surface area contributed by atoms with Crippen molar-refractivity contribution in [3.63, 3.8) is 0 Å². The molecule has 4 rings (SSSR count). The smallest absolute Gasteiger partial charge is 0.108 e. The van der Waals surface area contributed by atoms with Gasteiger partial charge in [-0.3, -0.25) is 4.99 Å². The van der Waals surface area contributed by atoms with E-state index in [0.29, 0.717) is 6.54 Å². The highest BCUT2D eigenvalue weighted by Gasteiger charge is 2.40. The number of halogens is 1. The van der Waals surface area contributed by atoms with Gasteiger partial charge in [-0.05, 0) is 48.9 Å². The van der Waals surface area contributed by atoms with E-state index in [0.717, 1.165) is 22.6 Å². The minimum atomic E-state index is 0.183. The normalized spacial score (nSPS) is 20.3. The molecule has 1 fully saturated rings. The molecule has 0 bridgehead atoms. The first-order valence-electron chi connectivity index (χ1n) is 9.32. The number of amidine groups is 1. The number of nitrogens with zero attached hydrogens (tertiary/aromatic N) is 1. The van der Waals surface area contributed by atoms with Crippen LogP contribution in [0.15, 0.2) is 47.5 Å². The van der Waals surface area contributed by atoms with Crippen LogP contribution in [0.5, 0.6) is 0 Å². The maximum atomic E-state index is 6.48. The topological polar surface area (TPSA) is 24.4 Å². The van der Waals surface area contributed by atoms with Crippen LogP contribution in [0.1, 0.15) is 48.8 Å². The number of hydrogen-bond acceptors (Lipinski definition) is 1. The Bertz CT molecular complexity index is 803. The van der Waals surface area contributed by atoms with Crippen molar-refractivity contribution < 1.29 is 0 Å². The average molecular weight is 353 g/mol. The fourth-order valence-corrected chi connectivity index (χ4v) is 4.53. The van der Waals surface area contributed by atoms with E-state index >= 15 is 0 Å². The minimum absolute atomic E-state index is 0.183. The Hall–Kier alpha value is -1.80. The highest BCUT2D eigenvalue weighted by atomic mass is 35.5. The molecular formula is C22H25ClN2. The van der Waals surface area contributed by atoms with E-state index in [-0.39, 0.29) is 5.41 Å². The monoisotopic (exact) mass is 352 g/mol. The second-order valence-corrected chi connectivity index (χ2v) is 7.89. The van der Waals surface area contributed by atoms with Crippen LogP contribution in [-0.4, -0.2) is 5.84 Å². The summed E-state index contributed by atoms with van der Waals surface area (Å²) in [5.41, 5.74) is 5.06. The number of aliphatic imine (C=N–C) groups is 1. The number of rotatable bonds is 2. The summed E-state index contributed by atoms with van der Waals surface area (Å²) in [7, 11) is 0. The lowest BCUT2D eigenvalue weighted by molar-refractivity contribution is 0.278. The summed E-state index contributed by atoms with van der Waals surface area (Å²) in [6.45, 7) is 2.70. The third kappa shape index (κ3) is 3.20. The number of benzene rings is 2. The molecule has 2 aromatic rings. The van der Waals surface area contributed by atoms with Gasteiger partial charge in [-0.2, -0.15) is 0 Å². The molecule has 3 heteroatoms. The molecule has 1 aliphatic heterocycles. The molecule has 2 nitrogen and oxygen atoms in total. The van der Waals surface area contributed by atoms with Crippen LogP contribution in [0, 0.1) is 12.3 Å². The molecule has 1 aliphatic carbocycles. The van der Waals surface area contributed by atoms with E-state index < -0.39 is 0 Å².